The topological polar surface area (TPSA) is 26.3 Å². The molecule has 2 nitrogen and oxygen atoms in total. The summed E-state index contributed by atoms with van der Waals surface area (Å²) in [5.41, 5.74) is 0.382. The average molecular weight is 279 g/mol. The van der Waals surface area contributed by atoms with Gasteiger partial charge in [0.25, 0.3) is 0 Å². The van der Waals surface area contributed by atoms with E-state index in [1.807, 2.05) is 0 Å². The normalized spacial score (nSPS) is 10.4. The highest BCUT2D eigenvalue weighted by molar-refractivity contribution is 9.09. The number of benzene rings is 1. The van der Waals surface area contributed by atoms with Crippen LogP contribution in [0.4, 0.5) is 8.78 Å². The molecule has 0 aliphatic heterocycles. The van der Waals surface area contributed by atoms with Crippen molar-refractivity contribution < 1.29 is 18.3 Å². The zero-order valence-electron chi connectivity index (χ0n) is 7.75. The van der Waals surface area contributed by atoms with Gasteiger partial charge in [0.05, 0.1) is 0 Å². The molecule has 0 aliphatic carbocycles. The van der Waals surface area contributed by atoms with Crippen LogP contribution in [0.2, 0.25) is 0 Å². The summed E-state index contributed by atoms with van der Waals surface area (Å²) in [6.45, 7) is -2.87. The first-order valence-electron chi connectivity index (χ1n) is 4.27. The van der Waals surface area contributed by atoms with Crippen molar-refractivity contribution >= 4 is 21.7 Å². The van der Waals surface area contributed by atoms with Gasteiger partial charge in [0.15, 0.2) is 5.78 Å². The van der Waals surface area contributed by atoms with Crippen molar-refractivity contribution in [2.24, 2.45) is 0 Å². The molecule has 1 aromatic carbocycles. The van der Waals surface area contributed by atoms with Crippen molar-refractivity contribution in [2.45, 2.75) is 13.0 Å². The van der Waals surface area contributed by atoms with Crippen molar-refractivity contribution in [3.63, 3.8) is 0 Å². The van der Waals surface area contributed by atoms with Crippen molar-refractivity contribution in [1.82, 2.24) is 0 Å². The van der Waals surface area contributed by atoms with Gasteiger partial charge >= 0.3 is 6.61 Å². The van der Waals surface area contributed by atoms with E-state index in [-0.39, 0.29) is 11.5 Å². The van der Waals surface area contributed by atoms with Crippen molar-refractivity contribution in [2.75, 3.05) is 5.33 Å². The molecule has 0 amide bonds. The predicted molar refractivity (Wildman–Crippen MR) is 55.8 cm³/mol. The van der Waals surface area contributed by atoms with Crippen molar-refractivity contribution in [1.29, 1.82) is 0 Å². The Morgan fingerprint density at radius 2 is 2.20 bits per heavy atom. The fourth-order valence-corrected chi connectivity index (χ4v) is 1.44. The van der Waals surface area contributed by atoms with Gasteiger partial charge in [-0.25, -0.2) is 0 Å². The first kappa shape index (κ1) is 12.1. The maximum Gasteiger partial charge on any atom is 0.387 e. The highest BCUT2D eigenvalue weighted by Gasteiger charge is 2.08. The van der Waals surface area contributed by atoms with Crippen LogP contribution >= 0.6 is 15.9 Å². The summed E-state index contributed by atoms with van der Waals surface area (Å²) in [6.07, 6.45) is 0.331. The van der Waals surface area contributed by atoms with Crippen LogP contribution in [-0.2, 0) is 0 Å². The molecule has 82 valence electrons. The Labute approximate surface area is 94.4 Å². The fraction of sp³-hybridized carbons (Fsp3) is 0.300. The van der Waals surface area contributed by atoms with E-state index in [2.05, 4.69) is 20.7 Å². The van der Waals surface area contributed by atoms with Gasteiger partial charge in [-0.15, -0.1) is 0 Å². The van der Waals surface area contributed by atoms with Crippen LogP contribution < -0.4 is 4.74 Å². The molecule has 0 aliphatic rings. The van der Waals surface area contributed by atoms with E-state index in [9.17, 15) is 13.6 Å². The summed E-state index contributed by atoms with van der Waals surface area (Å²) in [7, 11) is 0. The van der Waals surface area contributed by atoms with Gasteiger partial charge in [-0.05, 0) is 12.1 Å². The maximum atomic E-state index is 11.9. The van der Waals surface area contributed by atoms with E-state index in [4.69, 9.17) is 0 Å². The van der Waals surface area contributed by atoms with Crippen LogP contribution in [0.15, 0.2) is 24.3 Å². The number of hydrogen-bond donors (Lipinski definition) is 0. The van der Waals surface area contributed by atoms with Crippen LogP contribution in [0.25, 0.3) is 0 Å². The molecule has 0 atom stereocenters. The third-order valence-electron chi connectivity index (χ3n) is 1.70. The molecule has 0 saturated heterocycles. The van der Waals surface area contributed by atoms with E-state index in [0.29, 0.717) is 17.3 Å². The second-order valence-corrected chi connectivity index (χ2v) is 3.56. The van der Waals surface area contributed by atoms with Gasteiger partial charge in [0, 0.05) is 17.3 Å². The summed E-state index contributed by atoms with van der Waals surface area (Å²) in [5.74, 6) is -0.1000. The first-order chi connectivity index (χ1) is 7.13. The summed E-state index contributed by atoms with van der Waals surface area (Å²) >= 11 is 3.13. The SMILES string of the molecule is O=C(CCBr)c1cccc(OC(F)F)c1. The van der Waals surface area contributed by atoms with Gasteiger partial charge in [0.2, 0.25) is 0 Å². The van der Waals surface area contributed by atoms with E-state index in [1.54, 1.807) is 6.07 Å². The second kappa shape index (κ2) is 5.80. The Kier molecular flexibility index (Phi) is 4.68. The van der Waals surface area contributed by atoms with Crippen LogP contribution in [0, 0.1) is 0 Å². The molecule has 0 saturated carbocycles. The second-order valence-electron chi connectivity index (χ2n) is 2.77. The molecule has 1 aromatic rings. The molecule has 0 aromatic heterocycles. The molecule has 0 heterocycles. The molecule has 1 rings (SSSR count). The number of rotatable bonds is 5. The third kappa shape index (κ3) is 3.95. The number of carbonyl (C=O) groups is 1. The lowest BCUT2D eigenvalue weighted by Gasteiger charge is -2.05. The Hall–Kier alpha value is -0.970. The summed E-state index contributed by atoms with van der Waals surface area (Å²) in [4.78, 5) is 11.4. The number of ether oxygens (including phenoxy) is 1. The van der Waals surface area contributed by atoms with Gasteiger partial charge in [-0.3, -0.25) is 4.79 Å². The molecule has 0 bridgehead atoms. The molecule has 15 heavy (non-hydrogen) atoms. The molecule has 0 unspecified atom stereocenters. The monoisotopic (exact) mass is 278 g/mol. The molecule has 5 heteroatoms. The highest BCUT2D eigenvalue weighted by Crippen LogP contribution is 2.17. The minimum atomic E-state index is -2.87. The molecular weight excluding hydrogens is 270 g/mol. The Balaban J connectivity index is 2.78. The average Bonchev–Trinajstić information content (AvgIpc) is 2.17. The molecule has 0 fully saturated rings. The van der Waals surface area contributed by atoms with E-state index in [1.165, 1.54) is 18.2 Å². The van der Waals surface area contributed by atoms with Gasteiger partial charge in [0.1, 0.15) is 5.75 Å². The zero-order chi connectivity index (χ0) is 11.3. The zero-order valence-corrected chi connectivity index (χ0v) is 9.34. The lowest BCUT2D eigenvalue weighted by Crippen LogP contribution is -2.04. The predicted octanol–water partition coefficient (Wildman–Crippen LogP) is 3.26. The van der Waals surface area contributed by atoms with Crippen LogP contribution in [0.3, 0.4) is 0 Å². The third-order valence-corrected chi connectivity index (χ3v) is 2.10. The van der Waals surface area contributed by atoms with Gasteiger partial charge in [-0.1, -0.05) is 28.1 Å². The Morgan fingerprint density at radius 3 is 2.80 bits per heavy atom. The summed E-state index contributed by atoms with van der Waals surface area (Å²) in [6, 6.07) is 5.79. The highest BCUT2D eigenvalue weighted by atomic mass is 79.9. The standard InChI is InChI=1S/C10H9BrF2O2/c11-5-4-9(14)7-2-1-3-8(6-7)15-10(12)13/h1-3,6,10H,4-5H2. The number of alkyl halides is 3. The van der Waals surface area contributed by atoms with Gasteiger partial charge < -0.3 is 4.74 Å². The van der Waals surface area contributed by atoms with E-state index >= 15 is 0 Å². The summed E-state index contributed by atoms with van der Waals surface area (Å²) in [5, 5.41) is 0.547. The van der Waals surface area contributed by atoms with Gasteiger partial charge in [-0.2, -0.15) is 8.78 Å². The fourth-order valence-electron chi connectivity index (χ4n) is 1.08. The number of carbonyl (C=O) groups excluding carboxylic acids is 1. The van der Waals surface area contributed by atoms with Crippen molar-refractivity contribution in [3.8, 4) is 5.75 Å². The Bertz CT molecular complexity index is 342. The van der Waals surface area contributed by atoms with E-state index < -0.39 is 6.61 Å². The van der Waals surface area contributed by atoms with Crippen molar-refractivity contribution in [3.05, 3.63) is 29.8 Å². The minimum absolute atomic E-state index is 0.00502. The van der Waals surface area contributed by atoms with Crippen LogP contribution in [0.1, 0.15) is 16.8 Å². The lowest BCUT2D eigenvalue weighted by atomic mass is 10.1. The number of hydrogen-bond acceptors (Lipinski definition) is 2. The Morgan fingerprint density at radius 1 is 1.47 bits per heavy atom. The first-order valence-corrected chi connectivity index (χ1v) is 5.39. The number of ketones is 1. The molecule has 0 spiro atoms. The largest absolute Gasteiger partial charge is 0.435 e. The molecular formula is C10H9BrF2O2. The quantitative estimate of drug-likeness (QED) is 0.611. The smallest absolute Gasteiger partial charge is 0.387 e. The molecule has 0 N–H and O–H groups in total. The summed E-state index contributed by atoms with van der Waals surface area (Å²) < 4.78 is 28.0. The molecule has 0 radical (unpaired) electrons. The maximum absolute atomic E-state index is 11.9. The number of Topliss-reactive ketones (excluding diaryl/α,β-unsaturated/α-hetero) is 1. The number of halogens is 3. The lowest BCUT2D eigenvalue weighted by molar-refractivity contribution is -0.0498. The van der Waals surface area contributed by atoms with Crippen LogP contribution in [-0.4, -0.2) is 17.7 Å². The van der Waals surface area contributed by atoms with Crippen LogP contribution in [0.5, 0.6) is 5.75 Å². The van der Waals surface area contributed by atoms with E-state index in [0.717, 1.165) is 0 Å². The minimum Gasteiger partial charge on any atom is -0.435 e.